The van der Waals surface area contributed by atoms with E-state index < -0.39 is 10.0 Å². The summed E-state index contributed by atoms with van der Waals surface area (Å²) < 4.78 is 32.2. The van der Waals surface area contributed by atoms with Gasteiger partial charge in [-0.15, -0.1) is 0 Å². The molecule has 2 saturated heterocycles. The van der Waals surface area contributed by atoms with Crippen molar-refractivity contribution < 1.29 is 22.7 Å². The van der Waals surface area contributed by atoms with Gasteiger partial charge in [-0.05, 0) is 37.1 Å². The largest absolute Gasteiger partial charge is 0.497 e. The van der Waals surface area contributed by atoms with E-state index in [0.717, 1.165) is 0 Å². The molecule has 9 heteroatoms. The average Bonchev–Trinajstić information content (AvgIpc) is 2.78. The Bertz CT molecular complexity index is 824. The number of piperidine rings is 1. The third-order valence-corrected chi connectivity index (χ3v) is 7.66. The van der Waals surface area contributed by atoms with E-state index in [-0.39, 0.29) is 35.7 Å². The molecule has 1 aromatic carbocycles. The predicted molar refractivity (Wildman–Crippen MR) is 108 cm³/mol. The number of likely N-dealkylation sites (tertiary alicyclic amines) is 1. The molecule has 160 valence electrons. The number of amides is 2. The lowest BCUT2D eigenvalue weighted by atomic mass is 9.95. The van der Waals surface area contributed by atoms with Gasteiger partial charge in [0, 0.05) is 51.6 Å². The third-order valence-electron chi connectivity index (χ3n) is 5.75. The fourth-order valence-corrected chi connectivity index (χ4v) is 5.33. The summed E-state index contributed by atoms with van der Waals surface area (Å²) in [6, 6.07) is 6.33. The molecular formula is C20H29N3O5S. The molecule has 0 atom stereocenters. The van der Waals surface area contributed by atoms with Crippen LogP contribution in [0.3, 0.4) is 0 Å². The average molecular weight is 424 g/mol. The van der Waals surface area contributed by atoms with Crippen molar-refractivity contribution in [1.29, 1.82) is 0 Å². The molecule has 0 bridgehead atoms. The minimum Gasteiger partial charge on any atom is -0.497 e. The minimum absolute atomic E-state index is 0.0788. The van der Waals surface area contributed by atoms with E-state index in [1.54, 1.807) is 17.0 Å². The fourth-order valence-electron chi connectivity index (χ4n) is 3.90. The van der Waals surface area contributed by atoms with Crippen LogP contribution in [-0.2, 0) is 19.6 Å². The van der Waals surface area contributed by atoms with Crippen LogP contribution in [0.5, 0.6) is 5.75 Å². The lowest BCUT2D eigenvalue weighted by molar-refractivity contribution is -0.141. The van der Waals surface area contributed by atoms with Crippen LogP contribution in [0.4, 0.5) is 0 Å². The zero-order valence-electron chi connectivity index (χ0n) is 17.0. The fraction of sp³-hybridized carbons (Fsp3) is 0.600. The second-order valence-electron chi connectivity index (χ2n) is 7.41. The van der Waals surface area contributed by atoms with Crippen molar-refractivity contribution in [3.63, 3.8) is 0 Å². The highest BCUT2D eigenvalue weighted by Gasteiger charge is 2.34. The number of benzene rings is 1. The Labute approximate surface area is 172 Å². The molecule has 2 aliphatic rings. The van der Waals surface area contributed by atoms with Crippen molar-refractivity contribution >= 4 is 21.8 Å². The molecule has 1 aromatic rings. The third kappa shape index (κ3) is 4.72. The highest BCUT2D eigenvalue weighted by Crippen LogP contribution is 2.23. The van der Waals surface area contributed by atoms with Gasteiger partial charge in [0.15, 0.2) is 0 Å². The van der Waals surface area contributed by atoms with Crippen LogP contribution in [0, 0.1) is 5.92 Å². The Kier molecular flexibility index (Phi) is 6.79. The lowest BCUT2D eigenvalue weighted by Crippen LogP contribution is -2.53. The number of carbonyl (C=O) groups is 2. The van der Waals surface area contributed by atoms with Crippen molar-refractivity contribution in [3.05, 3.63) is 24.3 Å². The standard InChI is InChI=1S/C20H29N3O5S/c1-3-19(24)21-10-8-16(9-11-21)20(25)22-12-14-23(15-13-22)29(26,27)18-6-4-17(28-2)5-7-18/h4-7,16H,3,8-15H2,1-2H3. The van der Waals surface area contributed by atoms with Crippen LogP contribution in [0.2, 0.25) is 0 Å². The number of piperazine rings is 1. The molecule has 29 heavy (non-hydrogen) atoms. The minimum atomic E-state index is -3.59. The maximum Gasteiger partial charge on any atom is 0.243 e. The van der Waals surface area contributed by atoms with Crippen molar-refractivity contribution in [2.75, 3.05) is 46.4 Å². The van der Waals surface area contributed by atoms with Gasteiger partial charge in [-0.3, -0.25) is 9.59 Å². The number of hydrogen-bond acceptors (Lipinski definition) is 5. The molecule has 0 saturated carbocycles. The summed E-state index contributed by atoms with van der Waals surface area (Å²) >= 11 is 0. The Morgan fingerprint density at radius 3 is 2.07 bits per heavy atom. The maximum absolute atomic E-state index is 12.8. The van der Waals surface area contributed by atoms with Gasteiger partial charge in [0.2, 0.25) is 21.8 Å². The maximum atomic E-state index is 12.8. The van der Waals surface area contributed by atoms with Crippen LogP contribution < -0.4 is 4.74 Å². The van der Waals surface area contributed by atoms with E-state index in [2.05, 4.69) is 0 Å². The van der Waals surface area contributed by atoms with Gasteiger partial charge in [0.25, 0.3) is 0 Å². The van der Waals surface area contributed by atoms with Gasteiger partial charge >= 0.3 is 0 Å². The quantitative estimate of drug-likeness (QED) is 0.710. The van der Waals surface area contributed by atoms with Crippen LogP contribution in [0.25, 0.3) is 0 Å². The SMILES string of the molecule is CCC(=O)N1CCC(C(=O)N2CCN(S(=O)(=O)c3ccc(OC)cc3)CC2)CC1. The van der Waals surface area contributed by atoms with E-state index in [0.29, 0.717) is 51.2 Å². The number of methoxy groups -OCH3 is 1. The van der Waals surface area contributed by atoms with Crippen LogP contribution in [0.1, 0.15) is 26.2 Å². The molecule has 0 aliphatic carbocycles. The predicted octanol–water partition coefficient (Wildman–Crippen LogP) is 1.18. The number of sulfonamides is 1. The van der Waals surface area contributed by atoms with Gasteiger partial charge in [0.1, 0.15) is 5.75 Å². The summed E-state index contributed by atoms with van der Waals surface area (Å²) in [4.78, 5) is 28.4. The Morgan fingerprint density at radius 1 is 0.966 bits per heavy atom. The lowest BCUT2D eigenvalue weighted by Gasteiger charge is -2.38. The second kappa shape index (κ2) is 9.13. The molecule has 0 aromatic heterocycles. The van der Waals surface area contributed by atoms with E-state index in [1.165, 1.54) is 23.5 Å². The number of carbonyl (C=O) groups excluding carboxylic acids is 2. The van der Waals surface area contributed by atoms with E-state index in [1.807, 2.05) is 11.8 Å². The number of hydrogen-bond donors (Lipinski definition) is 0. The summed E-state index contributed by atoms with van der Waals surface area (Å²) in [6.07, 6.45) is 1.84. The number of ether oxygens (including phenoxy) is 1. The topological polar surface area (TPSA) is 87.2 Å². The zero-order valence-corrected chi connectivity index (χ0v) is 17.9. The Morgan fingerprint density at radius 2 is 1.55 bits per heavy atom. The molecule has 0 N–H and O–H groups in total. The first kappa shape index (κ1) is 21.6. The van der Waals surface area contributed by atoms with Crippen LogP contribution in [0.15, 0.2) is 29.2 Å². The second-order valence-corrected chi connectivity index (χ2v) is 9.35. The van der Waals surface area contributed by atoms with Crippen molar-refractivity contribution in [2.24, 2.45) is 5.92 Å². The van der Waals surface area contributed by atoms with Crippen molar-refractivity contribution in [3.8, 4) is 5.75 Å². The molecule has 2 fully saturated rings. The van der Waals surface area contributed by atoms with Gasteiger partial charge in [-0.25, -0.2) is 8.42 Å². The van der Waals surface area contributed by atoms with Gasteiger partial charge in [-0.1, -0.05) is 6.92 Å². The summed E-state index contributed by atoms with van der Waals surface area (Å²) in [7, 11) is -2.05. The Balaban J connectivity index is 1.54. The molecule has 8 nitrogen and oxygen atoms in total. The summed E-state index contributed by atoms with van der Waals surface area (Å²) in [5.74, 6) is 0.732. The Hall–Kier alpha value is -2.13. The van der Waals surface area contributed by atoms with Crippen LogP contribution in [-0.4, -0.2) is 80.7 Å². The van der Waals surface area contributed by atoms with E-state index in [9.17, 15) is 18.0 Å². The van der Waals surface area contributed by atoms with Crippen molar-refractivity contribution in [2.45, 2.75) is 31.1 Å². The molecule has 0 radical (unpaired) electrons. The summed E-state index contributed by atoms with van der Waals surface area (Å²) in [5.41, 5.74) is 0. The molecule has 3 rings (SSSR count). The number of nitrogens with zero attached hydrogens (tertiary/aromatic N) is 3. The molecule has 2 aliphatic heterocycles. The van der Waals surface area contributed by atoms with Crippen LogP contribution >= 0.6 is 0 Å². The molecular weight excluding hydrogens is 394 g/mol. The van der Waals surface area contributed by atoms with Gasteiger partial charge in [-0.2, -0.15) is 4.31 Å². The highest BCUT2D eigenvalue weighted by molar-refractivity contribution is 7.89. The van der Waals surface area contributed by atoms with Gasteiger partial charge in [0.05, 0.1) is 12.0 Å². The highest BCUT2D eigenvalue weighted by atomic mass is 32.2. The zero-order chi connectivity index (χ0) is 21.0. The normalized spacial score (nSPS) is 19.2. The first-order valence-electron chi connectivity index (χ1n) is 10.1. The van der Waals surface area contributed by atoms with E-state index >= 15 is 0 Å². The summed E-state index contributed by atoms with van der Waals surface area (Å²) in [5, 5.41) is 0. The molecule has 2 heterocycles. The summed E-state index contributed by atoms with van der Waals surface area (Å²) in [6.45, 7) is 4.44. The smallest absolute Gasteiger partial charge is 0.243 e. The monoisotopic (exact) mass is 423 g/mol. The molecule has 0 unspecified atom stereocenters. The van der Waals surface area contributed by atoms with Gasteiger partial charge < -0.3 is 14.5 Å². The van der Waals surface area contributed by atoms with Crippen molar-refractivity contribution in [1.82, 2.24) is 14.1 Å². The first-order chi connectivity index (χ1) is 13.9. The number of rotatable bonds is 5. The first-order valence-corrected chi connectivity index (χ1v) is 11.5. The molecule has 0 spiro atoms. The molecule has 2 amide bonds. The van der Waals surface area contributed by atoms with E-state index in [4.69, 9.17) is 4.74 Å².